The first-order chi connectivity index (χ1) is 11.3. The van der Waals surface area contributed by atoms with Crippen molar-refractivity contribution in [3.05, 3.63) is 35.4 Å². The van der Waals surface area contributed by atoms with E-state index in [1.165, 1.54) is 49.7 Å². The second kappa shape index (κ2) is 8.30. The zero-order chi connectivity index (χ0) is 16.1. The zero-order valence-corrected chi connectivity index (χ0v) is 14.8. The Bertz CT molecular complexity index is 451. The van der Waals surface area contributed by atoms with Gasteiger partial charge in [-0.1, -0.05) is 51.0 Å². The highest BCUT2D eigenvalue weighted by molar-refractivity contribution is 5.27. The van der Waals surface area contributed by atoms with Gasteiger partial charge in [-0.3, -0.25) is 0 Å². The molecule has 1 aromatic rings. The molecule has 0 spiro atoms. The van der Waals surface area contributed by atoms with Crippen molar-refractivity contribution in [3.63, 3.8) is 0 Å². The van der Waals surface area contributed by atoms with Crippen LogP contribution in [0.1, 0.15) is 81.9 Å². The molecule has 0 unspecified atom stereocenters. The molecular formula is C21H32O2. The van der Waals surface area contributed by atoms with Gasteiger partial charge >= 0.3 is 0 Å². The largest absolute Gasteiger partial charge is 0.373 e. The van der Waals surface area contributed by atoms with Crippen LogP contribution in [0.4, 0.5) is 0 Å². The third kappa shape index (κ3) is 4.36. The van der Waals surface area contributed by atoms with E-state index in [0.29, 0.717) is 6.61 Å². The second-order valence-corrected chi connectivity index (χ2v) is 7.36. The molecule has 0 aromatic heterocycles. The lowest BCUT2D eigenvalue weighted by atomic mass is 9.77. The monoisotopic (exact) mass is 316 g/mol. The van der Waals surface area contributed by atoms with E-state index in [1.807, 2.05) is 0 Å². The van der Waals surface area contributed by atoms with E-state index in [0.717, 1.165) is 24.9 Å². The Balaban J connectivity index is 1.53. The van der Waals surface area contributed by atoms with E-state index in [9.17, 15) is 0 Å². The molecule has 2 nitrogen and oxygen atoms in total. The Morgan fingerprint density at radius 2 is 1.57 bits per heavy atom. The summed E-state index contributed by atoms with van der Waals surface area (Å²) in [6, 6.07) is 9.17. The molecule has 1 heterocycles. The highest BCUT2D eigenvalue weighted by atomic mass is 16.6. The maximum absolute atomic E-state index is 5.97. The fourth-order valence-electron chi connectivity index (χ4n) is 4.15. The van der Waals surface area contributed by atoms with Crippen molar-refractivity contribution in [3.8, 4) is 0 Å². The molecule has 1 saturated carbocycles. The van der Waals surface area contributed by atoms with E-state index >= 15 is 0 Å². The van der Waals surface area contributed by atoms with Gasteiger partial charge in [0.1, 0.15) is 6.10 Å². The summed E-state index contributed by atoms with van der Waals surface area (Å²) in [5.74, 6) is 1.75. The fraction of sp³-hybridized carbons (Fsp3) is 0.714. The SMILES string of the molecule is CCC[C@H]1CC[C@H](c2ccc([C@@H]3CO[C@@H](CC)CO3)cc2)CC1. The molecular weight excluding hydrogens is 284 g/mol. The van der Waals surface area contributed by atoms with Crippen LogP contribution >= 0.6 is 0 Å². The van der Waals surface area contributed by atoms with Crippen LogP contribution in [0.25, 0.3) is 0 Å². The van der Waals surface area contributed by atoms with E-state index < -0.39 is 0 Å². The highest BCUT2D eigenvalue weighted by Gasteiger charge is 2.24. The number of hydrogen-bond donors (Lipinski definition) is 0. The van der Waals surface area contributed by atoms with Gasteiger partial charge in [0.15, 0.2) is 0 Å². The quantitative estimate of drug-likeness (QED) is 0.701. The van der Waals surface area contributed by atoms with Gasteiger partial charge < -0.3 is 9.47 Å². The second-order valence-electron chi connectivity index (χ2n) is 7.36. The minimum atomic E-state index is 0.118. The maximum Gasteiger partial charge on any atom is 0.106 e. The molecule has 1 saturated heterocycles. The zero-order valence-electron chi connectivity index (χ0n) is 14.8. The van der Waals surface area contributed by atoms with Gasteiger partial charge in [-0.25, -0.2) is 0 Å². The summed E-state index contributed by atoms with van der Waals surface area (Å²) >= 11 is 0. The van der Waals surface area contributed by atoms with Crippen molar-refractivity contribution in [2.75, 3.05) is 13.2 Å². The Morgan fingerprint density at radius 1 is 0.870 bits per heavy atom. The predicted octanol–water partition coefficient (Wildman–Crippen LogP) is 5.63. The molecule has 0 radical (unpaired) electrons. The van der Waals surface area contributed by atoms with Gasteiger partial charge in [0.2, 0.25) is 0 Å². The minimum absolute atomic E-state index is 0.118. The van der Waals surface area contributed by atoms with E-state index in [1.54, 1.807) is 0 Å². The Labute approximate surface area is 141 Å². The van der Waals surface area contributed by atoms with Gasteiger partial charge in [0.25, 0.3) is 0 Å². The number of benzene rings is 1. The van der Waals surface area contributed by atoms with Crippen molar-refractivity contribution < 1.29 is 9.47 Å². The normalized spacial score (nSPS) is 31.9. The maximum atomic E-state index is 5.97. The van der Waals surface area contributed by atoms with Crippen molar-refractivity contribution >= 4 is 0 Å². The molecule has 1 aliphatic carbocycles. The van der Waals surface area contributed by atoms with Crippen LogP contribution in [0.5, 0.6) is 0 Å². The van der Waals surface area contributed by atoms with Gasteiger partial charge in [0, 0.05) is 0 Å². The Hall–Kier alpha value is -0.860. The molecule has 2 heteroatoms. The summed E-state index contributed by atoms with van der Waals surface area (Å²) in [4.78, 5) is 0. The third-order valence-corrected chi connectivity index (χ3v) is 5.75. The summed E-state index contributed by atoms with van der Waals surface area (Å²) in [5.41, 5.74) is 2.79. The van der Waals surface area contributed by atoms with E-state index in [-0.39, 0.29) is 12.2 Å². The van der Waals surface area contributed by atoms with Crippen molar-refractivity contribution in [2.24, 2.45) is 5.92 Å². The molecule has 2 aliphatic rings. The van der Waals surface area contributed by atoms with Crippen molar-refractivity contribution in [1.82, 2.24) is 0 Å². The van der Waals surface area contributed by atoms with Crippen LogP contribution < -0.4 is 0 Å². The molecule has 0 amide bonds. The molecule has 23 heavy (non-hydrogen) atoms. The van der Waals surface area contributed by atoms with Gasteiger partial charge in [-0.15, -0.1) is 0 Å². The molecule has 0 bridgehead atoms. The van der Waals surface area contributed by atoms with Crippen LogP contribution in [-0.2, 0) is 9.47 Å². The summed E-state index contributed by atoms with van der Waals surface area (Å²) in [6.45, 7) is 5.88. The van der Waals surface area contributed by atoms with Crippen molar-refractivity contribution in [1.29, 1.82) is 0 Å². The number of ether oxygens (including phenoxy) is 2. The minimum Gasteiger partial charge on any atom is -0.373 e. The molecule has 1 aliphatic heterocycles. The molecule has 2 fully saturated rings. The molecule has 128 valence electrons. The number of rotatable bonds is 5. The Morgan fingerprint density at radius 3 is 2.13 bits per heavy atom. The van der Waals surface area contributed by atoms with E-state index in [2.05, 4.69) is 38.1 Å². The molecule has 2 atom stereocenters. The fourth-order valence-corrected chi connectivity index (χ4v) is 4.15. The van der Waals surface area contributed by atoms with Crippen LogP contribution in [-0.4, -0.2) is 19.3 Å². The van der Waals surface area contributed by atoms with Crippen LogP contribution in [0.15, 0.2) is 24.3 Å². The topological polar surface area (TPSA) is 18.5 Å². The van der Waals surface area contributed by atoms with Gasteiger partial charge in [-0.2, -0.15) is 0 Å². The molecule has 3 rings (SSSR count). The lowest BCUT2D eigenvalue weighted by Crippen LogP contribution is -2.30. The van der Waals surface area contributed by atoms with Crippen LogP contribution in [0.2, 0.25) is 0 Å². The van der Waals surface area contributed by atoms with Gasteiger partial charge in [0.05, 0.1) is 19.3 Å². The average molecular weight is 316 g/mol. The summed E-state index contributed by atoms with van der Waals surface area (Å²) in [7, 11) is 0. The third-order valence-electron chi connectivity index (χ3n) is 5.75. The smallest absolute Gasteiger partial charge is 0.106 e. The molecule has 0 N–H and O–H groups in total. The van der Waals surface area contributed by atoms with Crippen LogP contribution in [0, 0.1) is 5.92 Å². The van der Waals surface area contributed by atoms with Crippen LogP contribution in [0.3, 0.4) is 0 Å². The lowest BCUT2D eigenvalue weighted by Gasteiger charge is -2.30. The summed E-state index contributed by atoms with van der Waals surface area (Å²) in [6.07, 6.45) is 9.76. The first-order valence-electron chi connectivity index (χ1n) is 9.63. The first-order valence-corrected chi connectivity index (χ1v) is 9.63. The number of hydrogen-bond acceptors (Lipinski definition) is 2. The highest BCUT2D eigenvalue weighted by Crippen LogP contribution is 2.38. The lowest BCUT2D eigenvalue weighted by molar-refractivity contribution is -0.135. The predicted molar refractivity (Wildman–Crippen MR) is 94.8 cm³/mol. The summed E-state index contributed by atoms with van der Waals surface area (Å²) < 4.78 is 11.8. The first kappa shape index (κ1) is 17.0. The van der Waals surface area contributed by atoms with Crippen molar-refractivity contribution in [2.45, 2.75) is 76.9 Å². The average Bonchev–Trinajstić information content (AvgIpc) is 2.63. The molecule has 1 aromatic carbocycles. The summed E-state index contributed by atoms with van der Waals surface area (Å²) in [5, 5.41) is 0. The van der Waals surface area contributed by atoms with Gasteiger partial charge in [-0.05, 0) is 55.1 Å². The Kier molecular flexibility index (Phi) is 6.13. The van der Waals surface area contributed by atoms with E-state index in [4.69, 9.17) is 9.47 Å². The standard InChI is InChI=1S/C21H32O2/c1-3-5-16-6-8-17(9-7-16)18-10-12-19(13-11-18)21-15-22-20(4-2)14-23-21/h10-13,16-17,20-21H,3-9,14-15H2,1-2H3/t16-,17-,20-,21-/m0/s1.